The Labute approximate surface area is 45.1 Å². The first-order valence-electron chi connectivity index (χ1n) is 1.08. The Morgan fingerprint density at radius 1 is 1.71 bits per heavy atom. The van der Waals surface area contributed by atoms with Crippen molar-refractivity contribution in [1.29, 1.82) is 0 Å². The summed E-state index contributed by atoms with van der Waals surface area (Å²) in [7, 11) is -4.34. The Morgan fingerprint density at radius 2 is 2.14 bits per heavy atom. The van der Waals surface area contributed by atoms with E-state index in [4.69, 9.17) is 4.55 Å². The fourth-order valence-corrected chi connectivity index (χ4v) is 0.447. The van der Waals surface area contributed by atoms with E-state index in [1.165, 1.54) is 0 Å². The van der Waals surface area contributed by atoms with Gasteiger partial charge < -0.3 is 0 Å². The summed E-state index contributed by atoms with van der Waals surface area (Å²) in [5, 5.41) is 4.47. The molecule has 0 aliphatic rings. The van der Waals surface area contributed by atoms with Gasteiger partial charge in [0.1, 0.15) is 0 Å². The van der Waals surface area contributed by atoms with Crippen LogP contribution >= 0.6 is 12.2 Å². The van der Waals surface area contributed by atoms with Crippen LogP contribution in [0, 0.1) is 0 Å². The van der Waals surface area contributed by atoms with Crippen LogP contribution in [0.1, 0.15) is 0 Å². The van der Waals surface area contributed by atoms with Gasteiger partial charge in [0, 0.05) is 0 Å². The lowest BCUT2D eigenvalue weighted by atomic mass is 14.0. The van der Waals surface area contributed by atoms with Crippen LogP contribution in [0.3, 0.4) is 0 Å². The normalized spacial score (nSPS) is 11.7. The van der Waals surface area contributed by atoms with Gasteiger partial charge in [0.25, 0.3) is 0 Å². The van der Waals surface area contributed by atoms with Gasteiger partial charge in [-0.1, -0.05) is 0 Å². The molecule has 0 amide bonds. The van der Waals surface area contributed by atoms with E-state index in [9.17, 15) is 8.42 Å². The zero-order valence-electron chi connectivity index (χ0n) is 3.07. The highest BCUT2D eigenvalue weighted by Crippen LogP contribution is 1.94. The minimum atomic E-state index is -4.34. The largest absolute Gasteiger partial charge is 0.409 e. The van der Waals surface area contributed by atoms with E-state index in [2.05, 4.69) is 8.77 Å². The number of nitrogens with two attached hydrogens (primary N) is 1. The van der Waals surface area contributed by atoms with Crippen LogP contribution in [0.2, 0.25) is 0 Å². The molecule has 0 unspecified atom stereocenters. The molecule has 0 rings (SSSR count). The number of hydrogen-bond donors (Lipinski definition) is 2. The molecule has 0 aromatic heterocycles. The lowest BCUT2D eigenvalue weighted by Gasteiger charge is -1.86. The molecule has 0 aliphatic heterocycles. The smallest absolute Gasteiger partial charge is 0.263 e. The van der Waals surface area contributed by atoms with E-state index in [1.54, 1.807) is 0 Å². The highest BCUT2D eigenvalue weighted by molar-refractivity contribution is 8.01. The van der Waals surface area contributed by atoms with E-state index in [0.29, 0.717) is 0 Å². The average molecular weight is 145 g/mol. The van der Waals surface area contributed by atoms with Crippen molar-refractivity contribution >= 4 is 22.6 Å². The molecular formula is H3NO4S2. The van der Waals surface area contributed by atoms with Crippen LogP contribution in [-0.4, -0.2) is 13.0 Å². The van der Waals surface area contributed by atoms with Crippen LogP contribution < -0.4 is 5.14 Å². The van der Waals surface area contributed by atoms with Crippen LogP contribution in [0.5, 0.6) is 0 Å². The summed E-state index contributed by atoms with van der Waals surface area (Å²) in [4.78, 5) is 0. The molecule has 7 heavy (non-hydrogen) atoms. The quantitative estimate of drug-likeness (QED) is 0.304. The zero-order chi connectivity index (χ0) is 5.91. The maximum atomic E-state index is 9.46. The summed E-state index contributed by atoms with van der Waals surface area (Å²) in [6, 6.07) is 0. The summed E-state index contributed by atoms with van der Waals surface area (Å²) in [6.07, 6.45) is 0. The topological polar surface area (TPSA) is 89.6 Å². The molecule has 44 valence electrons. The van der Waals surface area contributed by atoms with Gasteiger partial charge in [-0.15, -0.1) is 0 Å². The highest BCUT2D eigenvalue weighted by atomic mass is 32.3. The van der Waals surface area contributed by atoms with Crippen molar-refractivity contribution < 1.29 is 16.6 Å². The molecule has 0 spiro atoms. The third kappa shape index (κ3) is 6.18. The highest BCUT2D eigenvalue weighted by Gasteiger charge is 2.00. The number of rotatable bonds is 2. The Morgan fingerprint density at radius 3 is 2.14 bits per heavy atom. The predicted molar refractivity (Wildman–Crippen MR) is 24.4 cm³/mol. The van der Waals surface area contributed by atoms with Crippen molar-refractivity contribution in [2.24, 2.45) is 5.14 Å². The first-order valence-corrected chi connectivity index (χ1v) is 3.25. The Kier molecular flexibility index (Phi) is 2.54. The van der Waals surface area contributed by atoms with E-state index in [0.717, 1.165) is 0 Å². The molecule has 0 radical (unpaired) electrons. The monoisotopic (exact) mass is 145 g/mol. The summed E-state index contributed by atoms with van der Waals surface area (Å²) < 4.78 is 30.0. The molecular weight excluding hydrogens is 142 g/mol. The summed E-state index contributed by atoms with van der Waals surface area (Å²) in [6.45, 7) is 0. The predicted octanol–water partition coefficient (Wildman–Crippen LogP) is -0.672. The van der Waals surface area contributed by atoms with Crippen molar-refractivity contribution in [2.45, 2.75) is 0 Å². The lowest BCUT2D eigenvalue weighted by molar-refractivity contribution is 0.408. The maximum Gasteiger partial charge on any atom is 0.409 e. The molecule has 3 N–H and O–H groups in total. The second-order valence-corrected chi connectivity index (χ2v) is 2.18. The molecule has 0 aliphatic carbocycles. The molecule has 0 bridgehead atoms. The van der Waals surface area contributed by atoms with Gasteiger partial charge in [0.05, 0.1) is 12.2 Å². The van der Waals surface area contributed by atoms with Crippen molar-refractivity contribution in [1.82, 2.24) is 0 Å². The maximum absolute atomic E-state index is 9.46. The van der Waals surface area contributed by atoms with Crippen LogP contribution in [0.15, 0.2) is 0 Å². The standard InChI is InChI=1S/H3NO4S2/c1-6-5-7(2,3)4/h1H2,(H,2,3,4). The van der Waals surface area contributed by atoms with Crippen LogP contribution in [-0.2, 0) is 14.0 Å². The molecule has 0 aromatic carbocycles. The zero-order valence-corrected chi connectivity index (χ0v) is 4.70. The molecule has 0 atom stereocenters. The summed E-state index contributed by atoms with van der Waals surface area (Å²) >= 11 is 0.0706. The van der Waals surface area contributed by atoms with Gasteiger partial charge >= 0.3 is 10.4 Å². The Bertz CT molecular complexity index is 123. The molecule has 7 heteroatoms. The fourth-order valence-electron chi connectivity index (χ4n) is 0.0496. The molecule has 5 nitrogen and oxygen atoms in total. The van der Waals surface area contributed by atoms with Crippen molar-refractivity contribution in [3.8, 4) is 0 Å². The minimum Gasteiger partial charge on any atom is -0.263 e. The lowest BCUT2D eigenvalue weighted by Crippen LogP contribution is -1.98. The van der Waals surface area contributed by atoms with Crippen molar-refractivity contribution in [3.05, 3.63) is 0 Å². The van der Waals surface area contributed by atoms with Gasteiger partial charge in [0.15, 0.2) is 0 Å². The SMILES string of the molecule is NSOS(=O)(=O)O. The fraction of sp³-hybridized carbons (Fsp3) is 0. The van der Waals surface area contributed by atoms with Crippen molar-refractivity contribution in [3.63, 3.8) is 0 Å². The van der Waals surface area contributed by atoms with Gasteiger partial charge in [0.2, 0.25) is 0 Å². The summed E-state index contributed by atoms with van der Waals surface area (Å²) in [5.74, 6) is 0. The molecule has 0 fully saturated rings. The van der Waals surface area contributed by atoms with Crippen LogP contribution in [0.25, 0.3) is 0 Å². The van der Waals surface area contributed by atoms with Gasteiger partial charge in [-0.3, -0.25) is 9.69 Å². The van der Waals surface area contributed by atoms with Crippen LogP contribution in [0.4, 0.5) is 0 Å². The molecule has 0 saturated carbocycles. The van der Waals surface area contributed by atoms with Gasteiger partial charge in [-0.2, -0.15) is 12.0 Å². The molecule has 0 saturated heterocycles. The first kappa shape index (κ1) is 7.18. The van der Waals surface area contributed by atoms with E-state index in [-0.39, 0.29) is 12.2 Å². The number of hydrogen-bond acceptors (Lipinski definition) is 5. The molecule has 0 heterocycles. The first-order chi connectivity index (χ1) is 3.06. The molecule has 0 aromatic rings. The summed E-state index contributed by atoms with van der Waals surface area (Å²) in [5.41, 5.74) is 0. The minimum absolute atomic E-state index is 0.0706. The van der Waals surface area contributed by atoms with Gasteiger partial charge in [-0.05, 0) is 0 Å². The second kappa shape index (κ2) is 2.48. The van der Waals surface area contributed by atoms with E-state index < -0.39 is 10.4 Å². The van der Waals surface area contributed by atoms with E-state index >= 15 is 0 Å². The van der Waals surface area contributed by atoms with Crippen molar-refractivity contribution in [2.75, 3.05) is 0 Å². The average Bonchev–Trinajstić information content (AvgIpc) is 1.30. The Balaban J connectivity index is 3.60. The third-order valence-electron chi connectivity index (χ3n) is 0.125. The second-order valence-electron chi connectivity index (χ2n) is 0.592. The van der Waals surface area contributed by atoms with Gasteiger partial charge in [-0.25, -0.2) is 0 Å². The van der Waals surface area contributed by atoms with E-state index in [1.807, 2.05) is 0 Å². The third-order valence-corrected chi connectivity index (χ3v) is 1.13. The Hall–Kier alpha value is 0.180.